The maximum absolute atomic E-state index is 10.7. The predicted molar refractivity (Wildman–Crippen MR) is 72.0 cm³/mol. The zero-order chi connectivity index (χ0) is 14.8. The maximum Gasteiger partial charge on any atom is 0.356 e. The van der Waals surface area contributed by atoms with Crippen LogP contribution in [-0.4, -0.2) is 42.3 Å². The molecule has 0 unspecified atom stereocenters. The van der Waals surface area contributed by atoms with Gasteiger partial charge in [0.05, 0.1) is 12.0 Å². The van der Waals surface area contributed by atoms with Crippen LogP contribution in [0.2, 0.25) is 0 Å². The van der Waals surface area contributed by atoms with E-state index in [1.54, 1.807) is 4.57 Å². The van der Waals surface area contributed by atoms with E-state index in [4.69, 9.17) is 9.63 Å². The highest BCUT2D eigenvalue weighted by Gasteiger charge is 2.11. The highest BCUT2D eigenvalue weighted by Crippen LogP contribution is 2.21. The van der Waals surface area contributed by atoms with Crippen molar-refractivity contribution in [1.82, 2.24) is 24.7 Å². The SMILES string of the molecule is Cc1noc2ncnc(NCCn3cnc(C(=O)O)c3)c12. The molecule has 0 aromatic carbocycles. The number of aromatic nitrogens is 5. The molecule has 3 rings (SSSR count). The number of carbonyl (C=O) groups is 1. The molecule has 0 saturated carbocycles. The van der Waals surface area contributed by atoms with E-state index >= 15 is 0 Å². The second-order valence-corrected chi connectivity index (χ2v) is 4.40. The fraction of sp³-hybridized carbons (Fsp3) is 0.250. The van der Waals surface area contributed by atoms with Gasteiger partial charge in [0.25, 0.3) is 5.71 Å². The minimum Gasteiger partial charge on any atom is -0.476 e. The van der Waals surface area contributed by atoms with Crippen LogP contribution in [-0.2, 0) is 6.54 Å². The van der Waals surface area contributed by atoms with Gasteiger partial charge in [-0.1, -0.05) is 5.16 Å². The fourth-order valence-corrected chi connectivity index (χ4v) is 1.95. The monoisotopic (exact) mass is 288 g/mol. The van der Waals surface area contributed by atoms with Crippen LogP contribution in [0.15, 0.2) is 23.4 Å². The van der Waals surface area contributed by atoms with Crippen LogP contribution in [0.4, 0.5) is 5.82 Å². The van der Waals surface area contributed by atoms with Gasteiger partial charge in [-0.05, 0) is 6.92 Å². The van der Waals surface area contributed by atoms with E-state index in [0.717, 1.165) is 5.39 Å². The summed E-state index contributed by atoms with van der Waals surface area (Å²) in [6.07, 6.45) is 4.35. The number of nitrogens with zero attached hydrogens (tertiary/aromatic N) is 5. The number of imidazole rings is 1. The van der Waals surface area contributed by atoms with Crippen molar-refractivity contribution in [2.75, 3.05) is 11.9 Å². The lowest BCUT2D eigenvalue weighted by atomic mass is 10.3. The number of aromatic carboxylic acids is 1. The summed E-state index contributed by atoms with van der Waals surface area (Å²) in [7, 11) is 0. The van der Waals surface area contributed by atoms with E-state index in [1.165, 1.54) is 18.9 Å². The van der Waals surface area contributed by atoms with Crippen molar-refractivity contribution in [3.8, 4) is 0 Å². The lowest BCUT2D eigenvalue weighted by molar-refractivity contribution is 0.0691. The fourth-order valence-electron chi connectivity index (χ4n) is 1.95. The number of carboxylic acids is 1. The first-order valence-corrected chi connectivity index (χ1v) is 6.21. The Bertz CT molecular complexity index is 793. The van der Waals surface area contributed by atoms with Crippen LogP contribution < -0.4 is 5.32 Å². The van der Waals surface area contributed by atoms with E-state index in [2.05, 4.69) is 25.4 Å². The van der Waals surface area contributed by atoms with E-state index in [0.29, 0.717) is 30.3 Å². The molecule has 108 valence electrons. The minimum absolute atomic E-state index is 0.0225. The largest absolute Gasteiger partial charge is 0.476 e. The van der Waals surface area contributed by atoms with Crippen LogP contribution >= 0.6 is 0 Å². The third-order valence-corrected chi connectivity index (χ3v) is 2.96. The summed E-state index contributed by atoms with van der Waals surface area (Å²) < 4.78 is 6.75. The summed E-state index contributed by atoms with van der Waals surface area (Å²) in [4.78, 5) is 22.7. The van der Waals surface area contributed by atoms with Gasteiger partial charge >= 0.3 is 5.97 Å². The van der Waals surface area contributed by atoms with Crippen LogP contribution in [0.3, 0.4) is 0 Å². The Hall–Kier alpha value is -2.97. The molecule has 9 heteroatoms. The molecule has 0 atom stereocenters. The highest BCUT2D eigenvalue weighted by atomic mass is 16.5. The van der Waals surface area contributed by atoms with Crippen molar-refractivity contribution in [2.45, 2.75) is 13.5 Å². The topological polar surface area (TPSA) is 119 Å². The van der Waals surface area contributed by atoms with Crippen molar-refractivity contribution in [3.05, 3.63) is 30.2 Å². The summed E-state index contributed by atoms with van der Waals surface area (Å²) in [5.74, 6) is -0.406. The number of hydrogen-bond acceptors (Lipinski definition) is 7. The number of rotatable bonds is 5. The van der Waals surface area contributed by atoms with Gasteiger partial charge in [-0.3, -0.25) is 0 Å². The van der Waals surface area contributed by atoms with Gasteiger partial charge in [0.1, 0.15) is 17.5 Å². The number of hydrogen-bond donors (Lipinski definition) is 2. The second-order valence-electron chi connectivity index (χ2n) is 4.40. The van der Waals surface area contributed by atoms with Gasteiger partial charge in [-0.2, -0.15) is 4.98 Å². The smallest absolute Gasteiger partial charge is 0.356 e. The average molecular weight is 288 g/mol. The summed E-state index contributed by atoms with van der Waals surface area (Å²) in [5.41, 5.74) is 1.17. The van der Waals surface area contributed by atoms with E-state index in [1.807, 2.05) is 6.92 Å². The normalized spacial score (nSPS) is 10.9. The Morgan fingerprint density at radius 1 is 1.43 bits per heavy atom. The third kappa shape index (κ3) is 2.53. The molecule has 3 aromatic heterocycles. The first-order valence-electron chi connectivity index (χ1n) is 6.21. The molecule has 0 saturated heterocycles. The molecular weight excluding hydrogens is 276 g/mol. The summed E-state index contributed by atoms with van der Waals surface area (Å²) in [6, 6.07) is 0. The van der Waals surface area contributed by atoms with Crippen LogP contribution in [0.1, 0.15) is 16.2 Å². The molecule has 3 aromatic rings. The molecule has 0 aliphatic heterocycles. The molecule has 0 bridgehead atoms. The van der Waals surface area contributed by atoms with E-state index < -0.39 is 5.97 Å². The zero-order valence-corrected chi connectivity index (χ0v) is 11.1. The lowest BCUT2D eigenvalue weighted by Crippen LogP contribution is -2.10. The summed E-state index contributed by atoms with van der Waals surface area (Å²) in [5, 5.41) is 16.5. The maximum atomic E-state index is 10.7. The summed E-state index contributed by atoms with van der Waals surface area (Å²) >= 11 is 0. The molecule has 0 aliphatic rings. The molecule has 0 amide bonds. The Morgan fingerprint density at radius 3 is 3.05 bits per heavy atom. The van der Waals surface area contributed by atoms with Crippen molar-refractivity contribution >= 4 is 22.9 Å². The van der Waals surface area contributed by atoms with E-state index in [-0.39, 0.29) is 5.69 Å². The van der Waals surface area contributed by atoms with Gasteiger partial charge in [0.15, 0.2) is 5.69 Å². The number of fused-ring (bicyclic) bond motifs is 1. The second kappa shape index (κ2) is 5.19. The molecule has 2 N–H and O–H groups in total. The van der Waals surface area contributed by atoms with Gasteiger partial charge in [-0.15, -0.1) is 0 Å². The molecule has 0 aliphatic carbocycles. The van der Waals surface area contributed by atoms with Crippen molar-refractivity contribution in [2.24, 2.45) is 0 Å². The Balaban J connectivity index is 1.69. The molecule has 0 fully saturated rings. The van der Waals surface area contributed by atoms with Crippen LogP contribution in [0, 0.1) is 6.92 Å². The molecule has 0 radical (unpaired) electrons. The van der Waals surface area contributed by atoms with Crippen LogP contribution in [0.5, 0.6) is 0 Å². The third-order valence-electron chi connectivity index (χ3n) is 2.96. The Morgan fingerprint density at radius 2 is 2.29 bits per heavy atom. The number of nitrogens with one attached hydrogen (secondary N) is 1. The predicted octanol–water partition coefficient (Wildman–Crippen LogP) is 0.933. The molecule has 9 nitrogen and oxygen atoms in total. The van der Waals surface area contributed by atoms with E-state index in [9.17, 15) is 4.79 Å². The first-order chi connectivity index (χ1) is 10.1. The lowest BCUT2D eigenvalue weighted by Gasteiger charge is -2.06. The molecular formula is C12H12N6O3. The molecule has 3 heterocycles. The first kappa shape index (κ1) is 13.0. The standard InChI is InChI=1S/C12H12N6O3/c1-7-9-10(14-5-15-11(9)21-17-7)13-2-3-18-4-8(12(19)20)16-6-18/h4-6H,2-3H2,1H3,(H,19,20)(H,13,14,15). The van der Waals surface area contributed by atoms with Gasteiger partial charge in [0, 0.05) is 19.3 Å². The quantitative estimate of drug-likeness (QED) is 0.711. The van der Waals surface area contributed by atoms with Crippen molar-refractivity contribution < 1.29 is 14.4 Å². The van der Waals surface area contributed by atoms with Crippen molar-refractivity contribution in [1.29, 1.82) is 0 Å². The van der Waals surface area contributed by atoms with Crippen molar-refractivity contribution in [3.63, 3.8) is 0 Å². The average Bonchev–Trinajstić information content (AvgIpc) is 3.07. The van der Waals surface area contributed by atoms with Crippen LogP contribution in [0.25, 0.3) is 11.1 Å². The van der Waals surface area contributed by atoms with Gasteiger partial charge in [-0.25, -0.2) is 14.8 Å². The summed E-state index contributed by atoms with van der Waals surface area (Å²) in [6.45, 7) is 2.91. The Labute approximate surface area is 118 Å². The number of carboxylic acid groups (broad SMARTS) is 1. The molecule has 21 heavy (non-hydrogen) atoms. The Kier molecular flexibility index (Phi) is 3.22. The number of anilines is 1. The van der Waals surface area contributed by atoms with Gasteiger partial charge in [0.2, 0.25) is 0 Å². The zero-order valence-electron chi connectivity index (χ0n) is 11.1. The number of aryl methyl sites for hydroxylation is 1. The molecule has 0 spiro atoms. The minimum atomic E-state index is -1.04. The van der Waals surface area contributed by atoms with Gasteiger partial charge < -0.3 is 19.5 Å². The highest BCUT2D eigenvalue weighted by molar-refractivity contribution is 5.87.